The van der Waals surface area contributed by atoms with E-state index in [4.69, 9.17) is 21.4 Å². The van der Waals surface area contributed by atoms with Gasteiger partial charge in [-0.3, -0.25) is 4.79 Å². The SMILES string of the molecule is Cc1cc(OCC(=O)Nc2cccc(/C=C/C(=O)O)c2)ccc1Cl. The highest BCUT2D eigenvalue weighted by Gasteiger charge is 2.05. The van der Waals surface area contributed by atoms with Gasteiger partial charge < -0.3 is 15.2 Å². The molecule has 0 aliphatic carbocycles. The smallest absolute Gasteiger partial charge is 0.328 e. The first-order valence-corrected chi connectivity index (χ1v) is 7.52. The first-order valence-electron chi connectivity index (χ1n) is 7.14. The monoisotopic (exact) mass is 345 g/mol. The summed E-state index contributed by atoms with van der Waals surface area (Å²) in [6.07, 6.45) is 2.48. The number of nitrogens with one attached hydrogen (secondary N) is 1. The lowest BCUT2D eigenvalue weighted by atomic mass is 10.2. The van der Waals surface area contributed by atoms with Crippen LogP contribution in [0.3, 0.4) is 0 Å². The Morgan fingerprint density at radius 2 is 2.04 bits per heavy atom. The molecule has 0 heterocycles. The fourth-order valence-corrected chi connectivity index (χ4v) is 2.06. The quantitative estimate of drug-likeness (QED) is 0.781. The average molecular weight is 346 g/mol. The van der Waals surface area contributed by atoms with Crippen LogP contribution in [0.4, 0.5) is 5.69 Å². The predicted molar refractivity (Wildman–Crippen MR) is 93.4 cm³/mol. The van der Waals surface area contributed by atoms with Crippen molar-refractivity contribution in [3.05, 3.63) is 64.7 Å². The molecule has 2 rings (SSSR count). The number of ether oxygens (including phenoxy) is 1. The largest absolute Gasteiger partial charge is 0.484 e. The minimum absolute atomic E-state index is 0.143. The highest BCUT2D eigenvalue weighted by Crippen LogP contribution is 2.21. The van der Waals surface area contributed by atoms with E-state index in [9.17, 15) is 9.59 Å². The minimum Gasteiger partial charge on any atom is -0.484 e. The zero-order valence-corrected chi connectivity index (χ0v) is 13.7. The van der Waals surface area contributed by atoms with Crippen LogP contribution in [0.15, 0.2) is 48.5 Å². The molecule has 5 nitrogen and oxygen atoms in total. The van der Waals surface area contributed by atoms with Crippen molar-refractivity contribution >= 4 is 35.2 Å². The number of carbonyl (C=O) groups is 2. The van der Waals surface area contributed by atoms with Gasteiger partial charge in [0.15, 0.2) is 6.61 Å². The Morgan fingerprint density at radius 3 is 2.75 bits per heavy atom. The third kappa shape index (κ3) is 5.44. The number of aliphatic carboxylic acids is 1. The second-order valence-corrected chi connectivity index (χ2v) is 5.45. The maximum atomic E-state index is 11.9. The zero-order valence-electron chi connectivity index (χ0n) is 13.0. The van der Waals surface area contributed by atoms with Crippen molar-refractivity contribution in [2.45, 2.75) is 6.92 Å². The second-order valence-electron chi connectivity index (χ2n) is 5.04. The number of carbonyl (C=O) groups excluding carboxylic acids is 1. The molecule has 6 heteroatoms. The molecule has 2 N–H and O–H groups in total. The third-order valence-corrected chi connectivity index (χ3v) is 3.51. The molecule has 0 aliphatic heterocycles. The Labute approximate surface area is 144 Å². The molecule has 0 fully saturated rings. The van der Waals surface area contributed by atoms with Gasteiger partial charge in [-0.2, -0.15) is 0 Å². The predicted octanol–water partition coefficient (Wildman–Crippen LogP) is 3.76. The van der Waals surface area contributed by atoms with Crippen LogP contribution in [0.2, 0.25) is 5.02 Å². The van der Waals surface area contributed by atoms with E-state index in [2.05, 4.69) is 5.32 Å². The van der Waals surface area contributed by atoms with E-state index < -0.39 is 5.97 Å². The lowest BCUT2D eigenvalue weighted by molar-refractivity contribution is -0.131. The van der Waals surface area contributed by atoms with E-state index >= 15 is 0 Å². The Hall–Kier alpha value is -2.79. The fraction of sp³-hybridized carbons (Fsp3) is 0.111. The van der Waals surface area contributed by atoms with Gasteiger partial charge in [0, 0.05) is 16.8 Å². The molecule has 0 atom stereocenters. The van der Waals surface area contributed by atoms with Crippen molar-refractivity contribution < 1.29 is 19.4 Å². The number of halogens is 1. The molecule has 0 saturated heterocycles. The topological polar surface area (TPSA) is 75.6 Å². The van der Waals surface area contributed by atoms with Crippen LogP contribution < -0.4 is 10.1 Å². The summed E-state index contributed by atoms with van der Waals surface area (Å²) in [5.74, 6) is -0.789. The number of carboxylic acids is 1. The Kier molecular flexibility index (Phi) is 5.98. The van der Waals surface area contributed by atoms with Gasteiger partial charge in [0.1, 0.15) is 5.75 Å². The molecular weight excluding hydrogens is 330 g/mol. The highest BCUT2D eigenvalue weighted by atomic mass is 35.5. The van der Waals surface area contributed by atoms with Gasteiger partial charge in [-0.05, 0) is 54.5 Å². The standard InChI is InChI=1S/C18H16ClNO4/c1-12-9-15(6-7-16(12)19)24-11-17(21)20-14-4-2-3-13(10-14)5-8-18(22)23/h2-10H,11H2,1H3,(H,20,21)(H,22,23)/b8-5+. The molecule has 0 aromatic heterocycles. The molecule has 2 aromatic carbocycles. The van der Waals surface area contributed by atoms with E-state index in [-0.39, 0.29) is 12.5 Å². The van der Waals surface area contributed by atoms with E-state index in [0.29, 0.717) is 22.0 Å². The molecule has 2 aromatic rings. The van der Waals surface area contributed by atoms with E-state index in [1.54, 1.807) is 42.5 Å². The molecule has 0 aliphatic rings. The van der Waals surface area contributed by atoms with Crippen molar-refractivity contribution in [3.63, 3.8) is 0 Å². The molecule has 0 bridgehead atoms. The van der Waals surface area contributed by atoms with Crippen molar-refractivity contribution in [2.24, 2.45) is 0 Å². The number of benzene rings is 2. The summed E-state index contributed by atoms with van der Waals surface area (Å²) in [4.78, 5) is 22.5. The van der Waals surface area contributed by atoms with Crippen molar-refractivity contribution in [1.29, 1.82) is 0 Å². The number of anilines is 1. The number of rotatable bonds is 6. The molecule has 1 amide bonds. The van der Waals surface area contributed by atoms with E-state index in [0.717, 1.165) is 11.6 Å². The highest BCUT2D eigenvalue weighted by molar-refractivity contribution is 6.31. The van der Waals surface area contributed by atoms with E-state index in [1.165, 1.54) is 6.08 Å². The van der Waals surface area contributed by atoms with Crippen LogP contribution in [0.25, 0.3) is 6.08 Å². The van der Waals surface area contributed by atoms with Gasteiger partial charge in [0.2, 0.25) is 0 Å². The first-order chi connectivity index (χ1) is 11.4. The van der Waals surface area contributed by atoms with Gasteiger partial charge in [-0.25, -0.2) is 4.79 Å². The molecule has 124 valence electrons. The van der Waals surface area contributed by atoms with Crippen LogP contribution in [0, 0.1) is 6.92 Å². The second kappa shape index (κ2) is 8.17. The molecule has 0 radical (unpaired) electrons. The molecular formula is C18H16ClNO4. The normalized spacial score (nSPS) is 10.6. The van der Waals surface area contributed by atoms with Gasteiger partial charge >= 0.3 is 5.97 Å². The van der Waals surface area contributed by atoms with Gasteiger partial charge in [0.05, 0.1) is 0 Å². The minimum atomic E-state index is -1.03. The summed E-state index contributed by atoms with van der Waals surface area (Å²) in [5, 5.41) is 12.0. The van der Waals surface area contributed by atoms with Crippen LogP contribution in [-0.4, -0.2) is 23.6 Å². The average Bonchev–Trinajstić information content (AvgIpc) is 2.54. The van der Waals surface area contributed by atoms with Crippen LogP contribution >= 0.6 is 11.6 Å². The summed E-state index contributed by atoms with van der Waals surface area (Å²) in [5.41, 5.74) is 2.10. The summed E-state index contributed by atoms with van der Waals surface area (Å²) < 4.78 is 5.42. The fourth-order valence-electron chi connectivity index (χ4n) is 1.94. The first kappa shape index (κ1) is 17.6. The summed E-state index contributed by atoms with van der Waals surface area (Å²) in [7, 11) is 0. The van der Waals surface area contributed by atoms with Crippen molar-refractivity contribution in [2.75, 3.05) is 11.9 Å². The number of aryl methyl sites for hydroxylation is 1. The van der Waals surface area contributed by atoms with Crippen LogP contribution in [0.1, 0.15) is 11.1 Å². The van der Waals surface area contributed by atoms with Gasteiger partial charge in [-0.1, -0.05) is 23.7 Å². The molecule has 0 saturated carbocycles. The summed E-state index contributed by atoms with van der Waals surface area (Å²) >= 11 is 5.93. The number of amides is 1. The zero-order chi connectivity index (χ0) is 17.5. The van der Waals surface area contributed by atoms with Crippen molar-refractivity contribution in [3.8, 4) is 5.75 Å². The molecule has 0 spiro atoms. The van der Waals surface area contributed by atoms with E-state index in [1.807, 2.05) is 6.92 Å². The van der Waals surface area contributed by atoms with Crippen LogP contribution in [0.5, 0.6) is 5.75 Å². The lowest BCUT2D eigenvalue weighted by Gasteiger charge is -2.09. The third-order valence-electron chi connectivity index (χ3n) is 3.09. The Bertz CT molecular complexity index is 786. The maximum Gasteiger partial charge on any atom is 0.328 e. The van der Waals surface area contributed by atoms with Crippen molar-refractivity contribution in [1.82, 2.24) is 0 Å². The van der Waals surface area contributed by atoms with Crippen LogP contribution in [-0.2, 0) is 9.59 Å². The molecule has 24 heavy (non-hydrogen) atoms. The number of carboxylic acid groups (broad SMARTS) is 1. The Morgan fingerprint density at radius 1 is 1.25 bits per heavy atom. The number of hydrogen-bond donors (Lipinski definition) is 2. The van der Waals surface area contributed by atoms with Gasteiger partial charge in [-0.15, -0.1) is 0 Å². The summed E-state index contributed by atoms with van der Waals surface area (Å²) in [6.45, 7) is 1.71. The maximum absolute atomic E-state index is 11.9. The van der Waals surface area contributed by atoms with Gasteiger partial charge in [0.25, 0.3) is 5.91 Å². The molecule has 0 unspecified atom stereocenters. The summed E-state index contributed by atoms with van der Waals surface area (Å²) in [6, 6.07) is 12.0. The Balaban J connectivity index is 1.93. The lowest BCUT2D eigenvalue weighted by Crippen LogP contribution is -2.20. The number of hydrogen-bond acceptors (Lipinski definition) is 3.